The minimum absolute atomic E-state index is 0.0445. The van der Waals surface area contributed by atoms with Gasteiger partial charge in [0.1, 0.15) is 17.6 Å². The molecular formula is C17H12O7. The van der Waals surface area contributed by atoms with E-state index in [2.05, 4.69) is 0 Å². The highest BCUT2D eigenvalue weighted by atomic mass is 16.5. The second-order valence-corrected chi connectivity index (χ2v) is 5.75. The van der Waals surface area contributed by atoms with E-state index in [-0.39, 0.29) is 40.1 Å². The molecule has 1 N–H and O–H groups in total. The third-order valence-electron chi connectivity index (χ3n) is 4.23. The molecule has 1 aromatic carbocycles. The summed E-state index contributed by atoms with van der Waals surface area (Å²) in [4.78, 5) is 36.8. The van der Waals surface area contributed by atoms with E-state index in [1.54, 1.807) is 6.92 Å². The molecule has 1 aromatic heterocycles. The fourth-order valence-corrected chi connectivity index (χ4v) is 3.26. The van der Waals surface area contributed by atoms with Crippen LogP contribution < -0.4 is 10.4 Å². The number of rotatable bonds is 1. The van der Waals surface area contributed by atoms with Gasteiger partial charge in [0.25, 0.3) is 0 Å². The molecule has 122 valence electrons. The molecule has 24 heavy (non-hydrogen) atoms. The number of methoxy groups -OCH3 is 1. The summed E-state index contributed by atoms with van der Waals surface area (Å²) in [5.74, 6) is -1.45. The van der Waals surface area contributed by atoms with Crippen molar-refractivity contribution in [2.45, 2.75) is 19.4 Å². The number of hydrogen-bond donors (Lipinski definition) is 1. The zero-order chi connectivity index (χ0) is 17.2. The van der Waals surface area contributed by atoms with E-state index in [1.165, 1.54) is 13.2 Å². The molecule has 2 aliphatic rings. The molecular weight excluding hydrogens is 316 g/mol. The first-order valence-corrected chi connectivity index (χ1v) is 7.29. The standard InChI is InChI=1S/C17H12O7/c1-6-3-7-12-9(23-6)5-11(19)24-17(12)13-8(18)4-10(22-2)16(21)14(13)15(7)20/h4-6,20H,3H2,1-2H3. The van der Waals surface area contributed by atoms with E-state index in [1.807, 2.05) is 0 Å². The van der Waals surface area contributed by atoms with Crippen molar-refractivity contribution in [2.24, 2.45) is 0 Å². The van der Waals surface area contributed by atoms with Crippen LogP contribution in [0.4, 0.5) is 0 Å². The highest BCUT2D eigenvalue weighted by Gasteiger charge is 2.37. The third-order valence-corrected chi connectivity index (χ3v) is 4.23. The summed E-state index contributed by atoms with van der Waals surface area (Å²) < 4.78 is 15.7. The molecule has 0 amide bonds. The van der Waals surface area contributed by atoms with Gasteiger partial charge in [-0.1, -0.05) is 0 Å². The molecule has 7 heteroatoms. The van der Waals surface area contributed by atoms with Gasteiger partial charge in [0.15, 0.2) is 17.1 Å². The van der Waals surface area contributed by atoms with E-state index in [4.69, 9.17) is 13.9 Å². The van der Waals surface area contributed by atoms with Gasteiger partial charge in [0, 0.05) is 18.1 Å². The van der Waals surface area contributed by atoms with Crippen molar-refractivity contribution in [2.75, 3.05) is 7.11 Å². The molecule has 0 radical (unpaired) electrons. The van der Waals surface area contributed by atoms with Gasteiger partial charge in [0.2, 0.25) is 5.78 Å². The summed E-state index contributed by atoms with van der Waals surface area (Å²) in [5.41, 5.74) is -0.672. The Balaban J connectivity index is 2.21. The van der Waals surface area contributed by atoms with Crippen molar-refractivity contribution in [3.63, 3.8) is 0 Å². The number of fused-ring (bicyclic) bond motifs is 2. The highest BCUT2D eigenvalue weighted by Crippen LogP contribution is 2.44. The SMILES string of the molecule is COC1=CC(=O)c2c(c(O)c3c4c(cc(=O)oc24)OC(C)C3)C1=O. The van der Waals surface area contributed by atoms with Gasteiger partial charge in [-0.2, -0.15) is 0 Å². The van der Waals surface area contributed by atoms with E-state index >= 15 is 0 Å². The zero-order valence-corrected chi connectivity index (χ0v) is 12.8. The second-order valence-electron chi connectivity index (χ2n) is 5.75. The predicted octanol–water partition coefficient (Wildman–Crippen LogP) is 1.73. The smallest absolute Gasteiger partial charge is 0.339 e. The molecule has 4 rings (SSSR count). The highest BCUT2D eigenvalue weighted by molar-refractivity contribution is 6.29. The Morgan fingerprint density at radius 3 is 2.71 bits per heavy atom. The van der Waals surface area contributed by atoms with Crippen LogP contribution in [0.1, 0.15) is 33.2 Å². The molecule has 2 heterocycles. The van der Waals surface area contributed by atoms with E-state index in [0.717, 1.165) is 6.08 Å². The average molecular weight is 328 g/mol. The van der Waals surface area contributed by atoms with Gasteiger partial charge < -0.3 is 19.0 Å². The molecule has 1 atom stereocenters. The molecule has 0 fully saturated rings. The van der Waals surface area contributed by atoms with Crippen LogP contribution in [0.2, 0.25) is 0 Å². The summed E-state index contributed by atoms with van der Waals surface area (Å²) in [6.07, 6.45) is 1.02. The molecule has 1 aliphatic heterocycles. The summed E-state index contributed by atoms with van der Waals surface area (Å²) in [6, 6.07) is 1.17. The number of hydrogen-bond acceptors (Lipinski definition) is 7. The maximum absolute atomic E-state index is 12.5. The van der Waals surface area contributed by atoms with Gasteiger partial charge >= 0.3 is 5.63 Å². The zero-order valence-electron chi connectivity index (χ0n) is 12.8. The number of Topliss-reactive ketones (excluding diaryl/α,β-unsaturated/α-hetero) is 1. The number of aromatic hydroxyl groups is 1. The van der Waals surface area contributed by atoms with Crippen molar-refractivity contribution in [1.82, 2.24) is 0 Å². The van der Waals surface area contributed by atoms with Crippen molar-refractivity contribution < 1.29 is 28.6 Å². The first-order valence-electron chi connectivity index (χ1n) is 7.29. The van der Waals surface area contributed by atoms with E-state index in [0.29, 0.717) is 17.4 Å². The predicted molar refractivity (Wildman–Crippen MR) is 81.7 cm³/mol. The van der Waals surface area contributed by atoms with Crippen LogP contribution in [0.25, 0.3) is 11.0 Å². The first kappa shape index (κ1) is 14.5. The van der Waals surface area contributed by atoms with Gasteiger partial charge in [0.05, 0.1) is 29.7 Å². The lowest BCUT2D eigenvalue weighted by molar-refractivity contribution is 0.0913. The lowest BCUT2D eigenvalue weighted by atomic mass is 9.86. The van der Waals surface area contributed by atoms with Crippen LogP contribution >= 0.6 is 0 Å². The molecule has 0 saturated carbocycles. The number of phenolic OH excluding ortho intramolecular Hbond substituents is 1. The van der Waals surface area contributed by atoms with Crippen molar-refractivity contribution in [3.8, 4) is 11.5 Å². The van der Waals surface area contributed by atoms with Crippen LogP contribution in [0.15, 0.2) is 27.1 Å². The van der Waals surface area contributed by atoms with Crippen LogP contribution in [0.3, 0.4) is 0 Å². The maximum Gasteiger partial charge on any atom is 0.339 e. The van der Waals surface area contributed by atoms with Crippen LogP contribution in [-0.2, 0) is 11.2 Å². The average Bonchev–Trinajstić information content (AvgIpc) is 2.52. The molecule has 0 bridgehead atoms. The Bertz CT molecular complexity index is 1030. The normalized spacial score (nSPS) is 18.9. The molecule has 0 saturated heterocycles. The fourth-order valence-electron chi connectivity index (χ4n) is 3.26. The van der Waals surface area contributed by atoms with Crippen molar-refractivity contribution in [3.05, 3.63) is 45.0 Å². The fraction of sp³-hybridized carbons (Fsp3) is 0.235. The molecule has 7 nitrogen and oxygen atoms in total. The Labute approximate surface area is 135 Å². The van der Waals surface area contributed by atoms with Gasteiger partial charge in [-0.05, 0) is 6.92 Å². The monoisotopic (exact) mass is 328 g/mol. The van der Waals surface area contributed by atoms with Gasteiger partial charge in [-0.15, -0.1) is 0 Å². The number of carbonyl (C=O) groups is 2. The van der Waals surface area contributed by atoms with Crippen LogP contribution in [-0.4, -0.2) is 29.9 Å². The molecule has 0 spiro atoms. The van der Waals surface area contributed by atoms with Crippen molar-refractivity contribution in [1.29, 1.82) is 0 Å². The Hall–Kier alpha value is -3.09. The lowest BCUT2D eigenvalue weighted by Gasteiger charge is -2.26. The minimum Gasteiger partial charge on any atom is -0.507 e. The Morgan fingerprint density at radius 2 is 2.00 bits per heavy atom. The van der Waals surface area contributed by atoms with E-state index < -0.39 is 17.2 Å². The Kier molecular flexibility index (Phi) is 2.84. The number of ketones is 2. The number of allylic oxidation sites excluding steroid dienone is 2. The van der Waals surface area contributed by atoms with Crippen molar-refractivity contribution >= 4 is 22.5 Å². The van der Waals surface area contributed by atoms with Gasteiger partial charge in [-0.3, -0.25) is 9.59 Å². The quantitative estimate of drug-likeness (QED) is 0.795. The van der Waals surface area contributed by atoms with E-state index in [9.17, 15) is 19.5 Å². The second kappa shape index (κ2) is 4.70. The van der Waals surface area contributed by atoms with Crippen LogP contribution in [0, 0.1) is 0 Å². The number of ether oxygens (including phenoxy) is 2. The molecule has 1 unspecified atom stereocenters. The third kappa shape index (κ3) is 1.75. The molecule has 1 aliphatic carbocycles. The number of carbonyl (C=O) groups excluding carboxylic acids is 2. The topological polar surface area (TPSA) is 103 Å². The van der Waals surface area contributed by atoms with Crippen LogP contribution in [0.5, 0.6) is 11.5 Å². The molecule has 2 aromatic rings. The number of phenols is 1. The number of benzene rings is 1. The largest absolute Gasteiger partial charge is 0.507 e. The lowest BCUT2D eigenvalue weighted by Crippen LogP contribution is -2.25. The summed E-state index contributed by atoms with van der Waals surface area (Å²) >= 11 is 0. The maximum atomic E-state index is 12.5. The summed E-state index contributed by atoms with van der Waals surface area (Å²) in [7, 11) is 1.26. The van der Waals surface area contributed by atoms with Gasteiger partial charge in [-0.25, -0.2) is 4.79 Å². The minimum atomic E-state index is -0.702. The first-order chi connectivity index (χ1) is 11.4. The summed E-state index contributed by atoms with van der Waals surface area (Å²) in [5, 5.41) is 11.0. The Morgan fingerprint density at radius 1 is 1.25 bits per heavy atom. The summed E-state index contributed by atoms with van der Waals surface area (Å²) in [6.45, 7) is 1.77.